The van der Waals surface area contributed by atoms with Gasteiger partial charge in [-0.1, -0.05) is 34.4 Å². The van der Waals surface area contributed by atoms with Crippen LogP contribution in [0.1, 0.15) is 45.6 Å². The molecule has 0 aromatic heterocycles. The van der Waals surface area contributed by atoms with Crippen molar-refractivity contribution in [3.05, 3.63) is 44.3 Å². The minimum Gasteiger partial charge on any atom is -0.444 e. The lowest BCUT2D eigenvalue weighted by atomic mass is 9.72. The predicted molar refractivity (Wildman–Crippen MR) is 104 cm³/mol. The Morgan fingerprint density at radius 3 is 2.73 bits per heavy atom. The van der Waals surface area contributed by atoms with Crippen molar-refractivity contribution in [2.24, 2.45) is 5.11 Å². The minimum absolute atomic E-state index is 0.328. The fourth-order valence-corrected chi connectivity index (χ4v) is 3.63. The fraction of sp³-hybridized carbons (Fsp3) is 0.611. The zero-order chi connectivity index (χ0) is 19.4. The van der Waals surface area contributed by atoms with Crippen molar-refractivity contribution in [2.75, 3.05) is 19.6 Å². The summed E-state index contributed by atoms with van der Waals surface area (Å²) < 4.78 is 5.53. The maximum atomic E-state index is 12.6. The van der Waals surface area contributed by atoms with Crippen molar-refractivity contribution in [3.8, 4) is 0 Å². The maximum Gasteiger partial charge on any atom is 0.410 e. The summed E-state index contributed by atoms with van der Waals surface area (Å²) in [7, 11) is 0. The molecule has 2 rings (SSSR count). The highest BCUT2D eigenvalue weighted by Crippen LogP contribution is 2.40. The van der Waals surface area contributed by atoms with Crippen LogP contribution in [0.2, 0.25) is 10.0 Å². The van der Waals surface area contributed by atoms with Gasteiger partial charge in [-0.2, -0.15) is 0 Å². The summed E-state index contributed by atoms with van der Waals surface area (Å²) in [5, 5.41) is 4.65. The number of hydrogen-bond acceptors (Lipinski definition) is 3. The van der Waals surface area contributed by atoms with Gasteiger partial charge < -0.3 is 9.64 Å². The van der Waals surface area contributed by atoms with Crippen LogP contribution in [-0.2, 0) is 10.2 Å². The highest BCUT2D eigenvalue weighted by atomic mass is 35.5. The number of benzene rings is 1. The van der Waals surface area contributed by atoms with Gasteiger partial charge >= 0.3 is 6.09 Å². The van der Waals surface area contributed by atoms with Crippen LogP contribution in [0.4, 0.5) is 4.79 Å². The molecular formula is C18H24Cl2N4O2. The quantitative estimate of drug-likeness (QED) is 0.356. The molecule has 0 bridgehead atoms. The van der Waals surface area contributed by atoms with Gasteiger partial charge in [0.2, 0.25) is 0 Å². The van der Waals surface area contributed by atoms with Crippen LogP contribution in [-0.4, -0.2) is 36.2 Å². The third kappa shape index (κ3) is 5.19. The molecule has 6 nitrogen and oxygen atoms in total. The molecule has 0 unspecified atom stereocenters. The Morgan fingerprint density at radius 1 is 1.38 bits per heavy atom. The summed E-state index contributed by atoms with van der Waals surface area (Å²) in [6.45, 7) is 7.02. The molecule has 1 aromatic rings. The zero-order valence-corrected chi connectivity index (χ0v) is 16.8. The SMILES string of the molecule is CC(C)(C)OC(=O)N1CCC[C@](CCN=[N+]=[N-])(c2ccc(Cl)c(Cl)c2)C1. The Kier molecular flexibility index (Phi) is 6.67. The Bertz CT molecular complexity index is 714. The topological polar surface area (TPSA) is 78.3 Å². The molecule has 1 aliphatic rings. The van der Waals surface area contributed by atoms with Crippen LogP contribution in [0.3, 0.4) is 0 Å². The van der Waals surface area contributed by atoms with Crippen LogP contribution < -0.4 is 0 Å². The summed E-state index contributed by atoms with van der Waals surface area (Å²) >= 11 is 12.3. The van der Waals surface area contributed by atoms with Gasteiger partial charge in [-0.15, -0.1) is 0 Å². The molecule has 1 aromatic carbocycles. The molecule has 8 heteroatoms. The summed E-state index contributed by atoms with van der Waals surface area (Å²) in [4.78, 5) is 17.1. The van der Waals surface area contributed by atoms with E-state index in [0.717, 1.165) is 18.4 Å². The molecule has 142 valence electrons. The van der Waals surface area contributed by atoms with Gasteiger partial charge in [0, 0.05) is 30.0 Å². The number of carbonyl (C=O) groups is 1. The van der Waals surface area contributed by atoms with E-state index in [2.05, 4.69) is 10.0 Å². The third-order valence-electron chi connectivity index (χ3n) is 4.51. The molecule has 1 fully saturated rings. The van der Waals surface area contributed by atoms with Gasteiger partial charge in [0.05, 0.1) is 10.0 Å². The zero-order valence-electron chi connectivity index (χ0n) is 15.3. The highest BCUT2D eigenvalue weighted by molar-refractivity contribution is 6.42. The Morgan fingerprint density at radius 2 is 2.12 bits per heavy atom. The number of ether oxygens (including phenoxy) is 1. The molecule has 26 heavy (non-hydrogen) atoms. The molecule has 1 atom stereocenters. The van der Waals surface area contributed by atoms with E-state index in [0.29, 0.717) is 36.1 Å². The first-order valence-electron chi connectivity index (χ1n) is 8.61. The molecular weight excluding hydrogens is 375 g/mol. The van der Waals surface area contributed by atoms with E-state index in [-0.39, 0.29) is 11.5 Å². The fourth-order valence-electron chi connectivity index (χ4n) is 3.33. The van der Waals surface area contributed by atoms with E-state index >= 15 is 0 Å². The molecule has 0 N–H and O–H groups in total. The number of hydrogen-bond donors (Lipinski definition) is 0. The van der Waals surface area contributed by atoms with E-state index in [9.17, 15) is 4.79 Å². The second-order valence-electron chi connectivity index (χ2n) is 7.62. The highest BCUT2D eigenvalue weighted by Gasteiger charge is 2.39. The number of halogens is 2. The number of piperidine rings is 1. The number of nitrogens with zero attached hydrogens (tertiary/aromatic N) is 4. The molecule has 1 aliphatic heterocycles. The van der Waals surface area contributed by atoms with E-state index in [1.165, 1.54) is 0 Å². The van der Waals surface area contributed by atoms with E-state index in [1.54, 1.807) is 11.0 Å². The minimum atomic E-state index is -0.550. The van der Waals surface area contributed by atoms with Gasteiger partial charge in [-0.3, -0.25) is 0 Å². The van der Waals surface area contributed by atoms with Crippen molar-refractivity contribution in [3.63, 3.8) is 0 Å². The number of likely N-dealkylation sites (tertiary alicyclic amines) is 1. The summed E-state index contributed by atoms with van der Waals surface area (Å²) in [6, 6.07) is 5.54. The smallest absolute Gasteiger partial charge is 0.410 e. The first-order valence-corrected chi connectivity index (χ1v) is 9.37. The van der Waals surface area contributed by atoms with Crippen LogP contribution in [0.5, 0.6) is 0 Å². The van der Waals surface area contributed by atoms with Crippen molar-refractivity contribution in [1.29, 1.82) is 0 Å². The Labute approximate surface area is 164 Å². The number of carbonyl (C=O) groups excluding carboxylic acids is 1. The molecule has 1 amide bonds. The number of amides is 1. The largest absolute Gasteiger partial charge is 0.444 e. The van der Waals surface area contributed by atoms with Gasteiger partial charge in [0.1, 0.15) is 5.60 Å². The monoisotopic (exact) mass is 398 g/mol. The number of rotatable bonds is 4. The normalized spacial score (nSPS) is 20.4. The second-order valence-corrected chi connectivity index (χ2v) is 8.43. The standard InChI is InChI=1S/C18H24Cl2N4O2/c1-17(2,3)26-16(25)24-10-4-7-18(12-24,8-9-22-23-21)13-5-6-14(19)15(20)11-13/h5-6,11H,4,7-10,12H2,1-3H3/t18-/m1/s1. The second kappa shape index (κ2) is 8.38. The van der Waals surface area contributed by atoms with E-state index in [1.807, 2.05) is 32.9 Å². The van der Waals surface area contributed by atoms with Crippen molar-refractivity contribution in [2.45, 2.75) is 51.0 Å². The van der Waals surface area contributed by atoms with Crippen LogP contribution in [0.15, 0.2) is 23.3 Å². The van der Waals surface area contributed by atoms with Gasteiger partial charge in [0.25, 0.3) is 0 Å². The van der Waals surface area contributed by atoms with Gasteiger partial charge in [0.15, 0.2) is 0 Å². The first-order chi connectivity index (χ1) is 12.2. The average molecular weight is 399 g/mol. The van der Waals surface area contributed by atoms with Crippen LogP contribution >= 0.6 is 23.2 Å². The van der Waals surface area contributed by atoms with Crippen molar-refractivity contribution in [1.82, 2.24) is 4.90 Å². The van der Waals surface area contributed by atoms with Crippen LogP contribution in [0.25, 0.3) is 10.4 Å². The van der Waals surface area contributed by atoms with Gasteiger partial charge in [-0.25, -0.2) is 4.79 Å². The molecule has 0 radical (unpaired) electrons. The van der Waals surface area contributed by atoms with Crippen LogP contribution in [0, 0.1) is 0 Å². The van der Waals surface area contributed by atoms with Crippen molar-refractivity contribution < 1.29 is 9.53 Å². The predicted octanol–water partition coefficient (Wildman–Crippen LogP) is 5.96. The van der Waals surface area contributed by atoms with E-state index in [4.69, 9.17) is 33.5 Å². The van der Waals surface area contributed by atoms with Crippen molar-refractivity contribution >= 4 is 29.3 Å². The first kappa shape index (κ1) is 20.7. The molecule has 0 aliphatic carbocycles. The molecule has 0 saturated carbocycles. The molecule has 1 saturated heterocycles. The summed E-state index contributed by atoms with van der Waals surface area (Å²) in [6.07, 6.45) is 1.99. The summed E-state index contributed by atoms with van der Waals surface area (Å²) in [5.74, 6) is 0. The summed E-state index contributed by atoms with van der Waals surface area (Å²) in [5.41, 5.74) is 8.73. The number of azide groups is 1. The lowest BCUT2D eigenvalue weighted by molar-refractivity contribution is 0.0128. The lowest BCUT2D eigenvalue weighted by Crippen LogP contribution is -2.50. The Hall–Kier alpha value is -1.62. The lowest BCUT2D eigenvalue weighted by Gasteiger charge is -2.43. The van der Waals surface area contributed by atoms with E-state index < -0.39 is 5.60 Å². The average Bonchev–Trinajstić information content (AvgIpc) is 2.56. The Balaban J connectivity index is 2.32. The molecule has 0 spiro atoms. The van der Waals surface area contributed by atoms with Gasteiger partial charge in [-0.05, 0) is 63.3 Å². The molecule has 1 heterocycles. The maximum absolute atomic E-state index is 12.6. The third-order valence-corrected chi connectivity index (χ3v) is 5.25.